The van der Waals surface area contributed by atoms with Gasteiger partial charge in [-0.3, -0.25) is 4.79 Å². The lowest BCUT2D eigenvalue weighted by molar-refractivity contribution is 0.0768. The number of para-hydroxylation sites is 2. The molecule has 1 fully saturated rings. The van der Waals surface area contributed by atoms with Gasteiger partial charge in [0, 0.05) is 37.6 Å². The summed E-state index contributed by atoms with van der Waals surface area (Å²) in [5.41, 5.74) is 8.31. The summed E-state index contributed by atoms with van der Waals surface area (Å²) in [5.74, 6) is 0.0352. The highest BCUT2D eigenvalue weighted by molar-refractivity contribution is 5.99. The Bertz CT molecular complexity index is 642. The smallest absolute Gasteiger partial charge is 0.256 e. The molecule has 2 N–H and O–H groups in total. The molecule has 114 valence electrons. The third kappa shape index (κ3) is 3.06. The Hall–Kier alpha value is -2.49. The number of benzene rings is 2. The van der Waals surface area contributed by atoms with Crippen molar-refractivity contribution in [2.75, 3.05) is 36.8 Å². The minimum absolute atomic E-state index is 0.0352. The third-order valence-corrected chi connectivity index (χ3v) is 4.10. The molecule has 2 aromatic carbocycles. The molecule has 0 bridgehead atoms. The van der Waals surface area contributed by atoms with Crippen LogP contribution in [-0.2, 0) is 0 Å². The Labute approximate surface area is 131 Å². The molecule has 1 aliphatic heterocycles. The highest BCUT2D eigenvalue weighted by atomic mass is 16.2. The Balaban J connectivity index is 1.70. The van der Waals surface area contributed by atoms with E-state index < -0.39 is 0 Å². The van der Waals surface area contributed by atoms with Gasteiger partial charge in [-0.25, -0.2) is 0 Å². The molecule has 1 saturated heterocycles. The van der Waals surface area contributed by atoms with Crippen LogP contribution in [0.15, 0.2) is 54.6 Å². The van der Waals surface area contributed by atoms with Gasteiger partial charge in [0.15, 0.2) is 0 Å². The van der Waals surface area contributed by atoms with Crippen LogP contribution in [0.5, 0.6) is 0 Å². The van der Waals surface area contributed by atoms with E-state index in [1.165, 1.54) is 5.69 Å². The minimum Gasteiger partial charge on any atom is -0.398 e. The lowest BCUT2D eigenvalue weighted by Crippen LogP contribution is -2.35. The van der Waals surface area contributed by atoms with Crippen molar-refractivity contribution in [2.45, 2.75) is 6.42 Å². The van der Waals surface area contributed by atoms with Crippen molar-refractivity contribution in [2.24, 2.45) is 0 Å². The fourth-order valence-electron chi connectivity index (χ4n) is 2.88. The van der Waals surface area contributed by atoms with Gasteiger partial charge in [0.25, 0.3) is 5.91 Å². The van der Waals surface area contributed by atoms with Crippen LogP contribution < -0.4 is 10.6 Å². The lowest BCUT2D eigenvalue weighted by atomic mass is 10.1. The molecule has 0 atom stereocenters. The first-order chi connectivity index (χ1) is 10.8. The van der Waals surface area contributed by atoms with Crippen LogP contribution in [0.3, 0.4) is 0 Å². The van der Waals surface area contributed by atoms with Crippen molar-refractivity contribution >= 4 is 17.3 Å². The van der Waals surface area contributed by atoms with Gasteiger partial charge >= 0.3 is 0 Å². The molecule has 0 saturated carbocycles. The van der Waals surface area contributed by atoms with Gasteiger partial charge in [0.1, 0.15) is 0 Å². The number of hydrogen-bond donors (Lipinski definition) is 1. The summed E-state index contributed by atoms with van der Waals surface area (Å²) in [7, 11) is 0. The Morgan fingerprint density at radius 2 is 1.59 bits per heavy atom. The number of rotatable bonds is 2. The second kappa shape index (κ2) is 6.52. The van der Waals surface area contributed by atoms with Crippen LogP contribution in [0.4, 0.5) is 11.4 Å². The second-order valence-electron chi connectivity index (χ2n) is 5.56. The molecule has 1 heterocycles. The average Bonchev–Trinajstić information content (AvgIpc) is 2.81. The van der Waals surface area contributed by atoms with Crippen LogP contribution in [0.25, 0.3) is 0 Å². The molecule has 4 heteroatoms. The zero-order valence-electron chi connectivity index (χ0n) is 12.6. The monoisotopic (exact) mass is 295 g/mol. The van der Waals surface area contributed by atoms with E-state index in [0.717, 1.165) is 32.6 Å². The molecule has 2 aromatic rings. The summed E-state index contributed by atoms with van der Waals surface area (Å²) < 4.78 is 0. The van der Waals surface area contributed by atoms with Gasteiger partial charge in [0.05, 0.1) is 5.56 Å². The molecular weight excluding hydrogens is 274 g/mol. The van der Waals surface area contributed by atoms with E-state index in [9.17, 15) is 4.79 Å². The summed E-state index contributed by atoms with van der Waals surface area (Å²) >= 11 is 0. The lowest BCUT2D eigenvalue weighted by Gasteiger charge is -2.24. The molecule has 0 radical (unpaired) electrons. The van der Waals surface area contributed by atoms with Crippen LogP contribution in [0.1, 0.15) is 16.8 Å². The minimum atomic E-state index is 0.0352. The van der Waals surface area contributed by atoms with Crippen LogP contribution in [0.2, 0.25) is 0 Å². The molecule has 0 aromatic heterocycles. The molecule has 1 aliphatic rings. The molecule has 3 rings (SSSR count). The topological polar surface area (TPSA) is 49.6 Å². The van der Waals surface area contributed by atoms with E-state index in [4.69, 9.17) is 5.73 Å². The predicted molar refractivity (Wildman–Crippen MR) is 90.0 cm³/mol. The van der Waals surface area contributed by atoms with Crippen LogP contribution >= 0.6 is 0 Å². The SMILES string of the molecule is Nc1ccccc1C(=O)N1CCCN(c2ccccc2)CC1. The zero-order chi connectivity index (χ0) is 15.4. The maximum absolute atomic E-state index is 12.6. The van der Waals surface area contributed by atoms with Crippen LogP contribution in [0, 0.1) is 0 Å². The average molecular weight is 295 g/mol. The standard InChI is InChI=1S/C18H21N3O/c19-17-10-5-4-9-16(17)18(22)21-12-6-11-20(13-14-21)15-7-2-1-3-8-15/h1-5,7-10H,6,11-14,19H2. The molecule has 0 unspecified atom stereocenters. The fraction of sp³-hybridized carbons (Fsp3) is 0.278. The highest BCUT2D eigenvalue weighted by Gasteiger charge is 2.21. The number of nitrogens with zero attached hydrogens (tertiary/aromatic N) is 2. The van der Waals surface area contributed by atoms with E-state index >= 15 is 0 Å². The van der Waals surface area contributed by atoms with Crippen molar-refractivity contribution < 1.29 is 4.79 Å². The molecular formula is C18H21N3O. The number of carbonyl (C=O) groups is 1. The maximum Gasteiger partial charge on any atom is 0.256 e. The quantitative estimate of drug-likeness (QED) is 0.867. The van der Waals surface area contributed by atoms with Gasteiger partial charge in [-0.05, 0) is 30.7 Å². The van der Waals surface area contributed by atoms with Crippen molar-refractivity contribution in [3.63, 3.8) is 0 Å². The molecule has 22 heavy (non-hydrogen) atoms. The van der Waals surface area contributed by atoms with Gasteiger partial charge < -0.3 is 15.5 Å². The first kappa shape index (κ1) is 14.4. The van der Waals surface area contributed by atoms with Crippen molar-refractivity contribution in [1.29, 1.82) is 0 Å². The first-order valence-corrected chi connectivity index (χ1v) is 7.69. The number of nitrogens with two attached hydrogens (primary N) is 1. The van der Waals surface area contributed by atoms with Gasteiger partial charge in [0.2, 0.25) is 0 Å². The summed E-state index contributed by atoms with van der Waals surface area (Å²) in [6.07, 6.45) is 0.966. The largest absolute Gasteiger partial charge is 0.398 e. The predicted octanol–water partition coefficient (Wildman–Crippen LogP) is 2.62. The fourth-order valence-corrected chi connectivity index (χ4v) is 2.88. The van der Waals surface area contributed by atoms with E-state index in [1.54, 1.807) is 12.1 Å². The van der Waals surface area contributed by atoms with E-state index in [1.807, 2.05) is 35.2 Å². The molecule has 1 amide bonds. The number of anilines is 2. The molecule has 0 spiro atoms. The third-order valence-electron chi connectivity index (χ3n) is 4.10. The van der Waals surface area contributed by atoms with Crippen molar-refractivity contribution in [3.05, 3.63) is 60.2 Å². The summed E-state index contributed by atoms with van der Waals surface area (Å²) in [6, 6.07) is 17.7. The summed E-state index contributed by atoms with van der Waals surface area (Å²) in [5, 5.41) is 0. The second-order valence-corrected chi connectivity index (χ2v) is 5.56. The molecule has 0 aliphatic carbocycles. The van der Waals surface area contributed by atoms with Crippen LogP contribution in [-0.4, -0.2) is 37.0 Å². The number of amides is 1. The Morgan fingerprint density at radius 3 is 2.36 bits per heavy atom. The van der Waals surface area contributed by atoms with Crippen molar-refractivity contribution in [3.8, 4) is 0 Å². The summed E-state index contributed by atoms with van der Waals surface area (Å²) in [6.45, 7) is 3.32. The van der Waals surface area contributed by atoms with Gasteiger partial charge in [-0.15, -0.1) is 0 Å². The highest BCUT2D eigenvalue weighted by Crippen LogP contribution is 2.18. The Kier molecular flexibility index (Phi) is 4.28. The number of nitrogen functional groups attached to an aromatic ring is 1. The Morgan fingerprint density at radius 1 is 0.864 bits per heavy atom. The van der Waals surface area contributed by atoms with Gasteiger partial charge in [-0.2, -0.15) is 0 Å². The number of hydrogen-bond acceptors (Lipinski definition) is 3. The van der Waals surface area contributed by atoms with E-state index in [0.29, 0.717) is 11.3 Å². The zero-order valence-corrected chi connectivity index (χ0v) is 12.6. The van der Waals surface area contributed by atoms with E-state index in [2.05, 4.69) is 17.0 Å². The normalized spacial score (nSPS) is 15.5. The van der Waals surface area contributed by atoms with Gasteiger partial charge in [-0.1, -0.05) is 30.3 Å². The summed E-state index contributed by atoms with van der Waals surface area (Å²) in [4.78, 5) is 16.9. The van der Waals surface area contributed by atoms with E-state index in [-0.39, 0.29) is 5.91 Å². The first-order valence-electron chi connectivity index (χ1n) is 7.69. The van der Waals surface area contributed by atoms with Crippen molar-refractivity contribution in [1.82, 2.24) is 4.90 Å². The maximum atomic E-state index is 12.6. The molecule has 4 nitrogen and oxygen atoms in total. The number of carbonyl (C=O) groups excluding carboxylic acids is 1.